The standard InChI is InChI=1S/C19H13F3N2O4S/c20-19(21,22)12-3-1-2-4-14(12)26-8-17(25)24-18-23-13(9-29-18)11-5-6-15-16(7-11)28-10-27-15/h1-7,9H,8,10H2,(H,23,24,25). The maximum Gasteiger partial charge on any atom is 0.419 e. The zero-order valence-corrected chi connectivity index (χ0v) is 15.5. The van der Waals surface area contributed by atoms with Gasteiger partial charge in [-0.2, -0.15) is 13.2 Å². The minimum atomic E-state index is -4.57. The number of para-hydroxylation sites is 1. The highest BCUT2D eigenvalue weighted by molar-refractivity contribution is 7.14. The summed E-state index contributed by atoms with van der Waals surface area (Å²) in [7, 11) is 0. The number of fused-ring (bicyclic) bond motifs is 1. The average Bonchev–Trinajstić information content (AvgIpc) is 3.34. The quantitative estimate of drug-likeness (QED) is 0.652. The Kier molecular flexibility index (Phi) is 5.01. The van der Waals surface area contributed by atoms with Crippen molar-refractivity contribution in [3.63, 3.8) is 0 Å². The molecule has 3 aromatic rings. The number of hydrogen-bond donors (Lipinski definition) is 1. The number of carbonyl (C=O) groups excluding carboxylic acids is 1. The van der Waals surface area contributed by atoms with E-state index < -0.39 is 30.0 Å². The first-order chi connectivity index (χ1) is 13.9. The summed E-state index contributed by atoms with van der Waals surface area (Å²) in [5, 5.41) is 4.56. The summed E-state index contributed by atoms with van der Waals surface area (Å²) in [4.78, 5) is 16.4. The number of hydrogen-bond acceptors (Lipinski definition) is 6. The van der Waals surface area contributed by atoms with E-state index in [0.717, 1.165) is 17.7 Å². The molecule has 0 aliphatic carbocycles. The molecule has 6 nitrogen and oxygen atoms in total. The van der Waals surface area contributed by atoms with Gasteiger partial charge in [0, 0.05) is 10.9 Å². The molecule has 1 aromatic heterocycles. The van der Waals surface area contributed by atoms with Crippen molar-refractivity contribution >= 4 is 22.4 Å². The third-order valence-corrected chi connectivity index (χ3v) is 4.73. The Morgan fingerprint density at radius 3 is 2.79 bits per heavy atom. The van der Waals surface area contributed by atoms with Crippen LogP contribution in [0.5, 0.6) is 17.2 Å². The highest BCUT2D eigenvalue weighted by atomic mass is 32.1. The summed E-state index contributed by atoms with van der Waals surface area (Å²) in [5.74, 6) is 0.232. The first-order valence-corrected chi connectivity index (χ1v) is 9.22. The average molecular weight is 422 g/mol. The molecule has 0 bridgehead atoms. The Morgan fingerprint density at radius 1 is 1.17 bits per heavy atom. The lowest BCUT2D eigenvalue weighted by Gasteiger charge is -2.13. The third kappa shape index (κ3) is 4.27. The number of nitrogens with zero attached hydrogens (tertiary/aromatic N) is 1. The van der Waals surface area contributed by atoms with Crippen molar-refractivity contribution in [1.29, 1.82) is 0 Å². The number of carbonyl (C=O) groups is 1. The van der Waals surface area contributed by atoms with Crippen LogP contribution in [-0.4, -0.2) is 24.3 Å². The van der Waals surface area contributed by atoms with Crippen molar-refractivity contribution in [1.82, 2.24) is 4.98 Å². The molecule has 10 heteroatoms. The van der Waals surface area contributed by atoms with E-state index in [-0.39, 0.29) is 6.79 Å². The van der Waals surface area contributed by atoms with E-state index >= 15 is 0 Å². The highest BCUT2D eigenvalue weighted by Gasteiger charge is 2.34. The second kappa shape index (κ2) is 7.63. The van der Waals surface area contributed by atoms with Crippen molar-refractivity contribution in [2.24, 2.45) is 0 Å². The second-order valence-corrected chi connectivity index (χ2v) is 6.79. The third-order valence-electron chi connectivity index (χ3n) is 3.97. The maximum atomic E-state index is 13.0. The van der Waals surface area contributed by atoms with Crippen molar-refractivity contribution in [2.45, 2.75) is 6.18 Å². The Hall–Kier alpha value is -3.27. The molecule has 1 aliphatic heterocycles. The topological polar surface area (TPSA) is 69.7 Å². The SMILES string of the molecule is O=C(COc1ccccc1C(F)(F)F)Nc1nc(-c2ccc3c(c2)OCO3)cs1. The van der Waals surface area contributed by atoms with Crippen LogP contribution in [0.2, 0.25) is 0 Å². The molecule has 0 saturated heterocycles. The van der Waals surface area contributed by atoms with E-state index in [1.165, 1.54) is 23.5 Å². The van der Waals surface area contributed by atoms with E-state index in [1.807, 2.05) is 6.07 Å². The Labute approximate surface area is 166 Å². The number of thiazole rings is 1. The van der Waals surface area contributed by atoms with E-state index in [0.29, 0.717) is 22.3 Å². The minimum absolute atomic E-state index is 0.161. The Bertz CT molecular complexity index is 1050. The lowest BCUT2D eigenvalue weighted by Crippen LogP contribution is -2.21. The predicted octanol–water partition coefficient (Wildman–Crippen LogP) is 4.58. The number of benzene rings is 2. The first kappa shape index (κ1) is 19.1. The molecule has 2 aromatic carbocycles. The first-order valence-electron chi connectivity index (χ1n) is 8.34. The highest BCUT2D eigenvalue weighted by Crippen LogP contribution is 2.37. The molecule has 29 heavy (non-hydrogen) atoms. The molecule has 0 fully saturated rings. The lowest BCUT2D eigenvalue weighted by atomic mass is 10.1. The normalized spacial score (nSPS) is 12.7. The van der Waals surface area contributed by atoms with Gasteiger partial charge < -0.3 is 14.2 Å². The summed E-state index contributed by atoms with van der Waals surface area (Å²) < 4.78 is 54.5. The molecule has 0 spiro atoms. The monoisotopic (exact) mass is 422 g/mol. The van der Waals surface area contributed by atoms with Crippen LogP contribution in [0.1, 0.15) is 5.56 Å². The van der Waals surface area contributed by atoms with Gasteiger partial charge in [0.2, 0.25) is 6.79 Å². The van der Waals surface area contributed by atoms with Crippen LogP contribution in [0, 0.1) is 0 Å². The summed E-state index contributed by atoms with van der Waals surface area (Å²) in [6.45, 7) is -0.416. The van der Waals surface area contributed by atoms with E-state index in [4.69, 9.17) is 14.2 Å². The molecule has 0 atom stereocenters. The lowest BCUT2D eigenvalue weighted by molar-refractivity contribution is -0.139. The number of amides is 1. The number of aromatic nitrogens is 1. The van der Waals surface area contributed by atoms with Gasteiger partial charge >= 0.3 is 6.18 Å². The molecule has 0 unspecified atom stereocenters. The molecule has 0 saturated carbocycles. The summed E-state index contributed by atoms with van der Waals surface area (Å²) in [6, 6.07) is 10.1. The zero-order valence-electron chi connectivity index (χ0n) is 14.7. The largest absolute Gasteiger partial charge is 0.483 e. The molecule has 0 radical (unpaired) electrons. The van der Waals surface area contributed by atoms with Crippen LogP contribution in [0.25, 0.3) is 11.3 Å². The van der Waals surface area contributed by atoms with Crippen LogP contribution < -0.4 is 19.5 Å². The van der Waals surface area contributed by atoms with Gasteiger partial charge in [-0.15, -0.1) is 11.3 Å². The molecule has 2 heterocycles. The molecular weight excluding hydrogens is 409 g/mol. The van der Waals surface area contributed by atoms with Gasteiger partial charge in [0.15, 0.2) is 23.2 Å². The van der Waals surface area contributed by atoms with Crippen LogP contribution >= 0.6 is 11.3 Å². The van der Waals surface area contributed by atoms with Gasteiger partial charge in [0.1, 0.15) is 5.75 Å². The fourth-order valence-electron chi connectivity index (χ4n) is 2.64. The molecule has 1 amide bonds. The Morgan fingerprint density at radius 2 is 1.97 bits per heavy atom. The molecule has 4 rings (SSSR count). The molecule has 1 aliphatic rings. The van der Waals surface area contributed by atoms with E-state index in [1.54, 1.807) is 17.5 Å². The number of alkyl halides is 3. The van der Waals surface area contributed by atoms with Crippen LogP contribution in [0.3, 0.4) is 0 Å². The molecule has 150 valence electrons. The predicted molar refractivity (Wildman–Crippen MR) is 99.2 cm³/mol. The van der Waals surface area contributed by atoms with Gasteiger partial charge in [-0.3, -0.25) is 10.1 Å². The summed E-state index contributed by atoms with van der Waals surface area (Å²) >= 11 is 1.18. The number of ether oxygens (including phenoxy) is 3. The summed E-state index contributed by atoms with van der Waals surface area (Å²) in [6.07, 6.45) is -4.57. The van der Waals surface area contributed by atoms with Gasteiger partial charge in [-0.1, -0.05) is 12.1 Å². The van der Waals surface area contributed by atoms with Crippen molar-refractivity contribution in [3.05, 3.63) is 53.4 Å². The molecule has 1 N–H and O–H groups in total. The van der Waals surface area contributed by atoms with Gasteiger partial charge in [-0.05, 0) is 30.3 Å². The van der Waals surface area contributed by atoms with Crippen molar-refractivity contribution in [3.8, 4) is 28.5 Å². The van der Waals surface area contributed by atoms with Crippen LogP contribution in [-0.2, 0) is 11.0 Å². The van der Waals surface area contributed by atoms with Crippen LogP contribution in [0.4, 0.5) is 18.3 Å². The second-order valence-electron chi connectivity index (χ2n) is 5.94. The van der Waals surface area contributed by atoms with E-state index in [9.17, 15) is 18.0 Å². The minimum Gasteiger partial charge on any atom is -0.483 e. The smallest absolute Gasteiger partial charge is 0.419 e. The van der Waals surface area contributed by atoms with Gasteiger partial charge in [-0.25, -0.2) is 4.98 Å². The van der Waals surface area contributed by atoms with Gasteiger partial charge in [0.25, 0.3) is 5.91 Å². The molecular formula is C19H13F3N2O4S. The zero-order chi connectivity index (χ0) is 20.4. The van der Waals surface area contributed by atoms with Crippen molar-refractivity contribution < 1.29 is 32.2 Å². The maximum absolute atomic E-state index is 13.0. The fraction of sp³-hybridized carbons (Fsp3) is 0.158. The number of anilines is 1. The Balaban J connectivity index is 1.39. The fourth-order valence-corrected chi connectivity index (χ4v) is 3.38. The van der Waals surface area contributed by atoms with E-state index in [2.05, 4.69) is 10.3 Å². The van der Waals surface area contributed by atoms with Gasteiger partial charge in [0.05, 0.1) is 11.3 Å². The number of halogens is 3. The summed E-state index contributed by atoms with van der Waals surface area (Å²) in [5.41, 5.74) is 0.459. The van der Waals surface area contributed by atoms with Crippen molar-refractivity contribution in [2.75, 3.05) is 18.7 Å². The number of rotatable bonds is 5. The van der Waals surface area contributed by atoms with Crippen LogP contribution in [0.15, 0.2) is 47.8 Å². The number of nitrogens with one attached hydrogen (secondary N) is 1.